The molecule has 0 bridgehead atoms. The van der Waals surface area contributed by atoms with Crippen LogP contribution in [0.2, 0.25) is 0 Å². The Kier molecular flexibility index (Phi) is 9.79. The Morgan fingerprint density at radius 1 is 1.18 bits per heavy atom. The predicted molar refractivity (Wildman–Crippen MR) is 150 cm³/mol. The van der Waals surface area contributed by atoms with Gasteiger partial charge in [-0.25, -0.2) is 14.8 Å². The Hall–Kier alpha value is -1.85. The Bertz CT molecular complexity index is 951. The fourth-order valence-electron chi connectivity index (χ4n) is 4.46. The number of hydrogen-bond acceptors (Lipinski definition) is 8. The van der Waals surface area contributed by atoms with Crippen LogP contribution in [0.3, 0.4) is 0 Å². The minimum absolute atomic E-state index is 0.0372. The summed E-state index contributed by atoms with van der Waals surface area (Å²) in [6, 6.07) is -0.603. The molecule has 2 amide bonds. The summed E-state index contributed by atoms with van der Waals surface area (Å²) < 4.78 is 17.5. The Morgan fingerprint density at radius 2 is 1.79 bits per heavy atom. The highest BCUT2D eigenvalue weighted by atomic mass is 32.2. The molecule has 1 aromatic heterocycles. The van der Waals surface area contributed by atoms with Crippen LogP contribution in [0, 0.1) is 11.8 Å². The third-order valence-electron chi connectivity index (χ3n) is 7.37. The second-order valence-corrected chi connectivity index (χ2v) is 13.7. The predicted octanol–water partition coefficient (Wildman–Crippen LogP) is 4.05. The van der Waals surface area contributed by atoms with Gasteiger partial charge in [0.1, 0.15) is 11.6 Å². The molecule has 38 heavy (non-hydrogen) atoms. The molecule has 2 aliphatic rings. The molecule has 0 saturated carbocycles. The van der Waals surface area contributed by atoms with Gasteiger partial charge in [-0.3, -0.25) is 4.79 Å². The number of hydrogen-bond donors (Lipinski definition) is 1. The molecule has 0 spiro atoms. The zero-order chi connectivity index (χ0) is 28.3. The third kappa shape index (κ3) is 8.08. The molecule has 11 heteroatoms. The molecule has 1 N–H and O–H groups in total. The Morgan fingerprint density at radius 3 is 2.34 bits per heavy atom. The minimum atomic E-state index is -0.613. The average molecular weight is 549 g/mol. The lowest BCUT2D eigenvalue weighted by molar-refractivity contribution is -0.136. The van der Waals surface area contributed by atoms with E-state index >= 15 is 0 Å². The summed E-state index contributed by atoms with van der Waals surface area (Å²) in [7, 11) is -0.468. The van der Waals surface area contributed by atoms with Crippen LogP contribution in [0.4, 0.5) is 4.79 Å². The van der Waals surface area contributed by atoms with E-state index in [1.54, 1.807) is 24.2 Å². The van der Waals surface area contributed by atoms with Crippen LogP contribution in [-0.4, -0.2) is 75.7 Å². The summed E-state index contributed by atoms with van der Waals surface area (Å²) in [6.07, 6.45) is 6.00. The standard InChI is InChI=1S/C27H45BN4O5S/c1-18(2)21(31-24(34)35-25(3,4)5)22(33)32-13-10-11-19(17-32)12-14-38-23-29-15-20(16-30-23)28-36-26(6,7)27(8,9)37-28/h15-16,18-19,21H,10-14,17H2,1-9H3,(H,31,34)/t19-,21+/m0/s1. The van der Waals surface area contributed by atoms with E-state index in [-0.39, 0.29) is 11.8 Å². The van der Waals surface area contributed by atoms with Crippen molar-refractivity contribution in [1.82, 2.24) is 20.2 Å². The van der Waals surface area contributed by atoms with Crippen molar-refractivity contribution in [3.05, 3.63) is 12.4 Å². The van der Waals surface area contributed by atoms with E-state index in [0.29, 0.717) is 19.0 Å². The molecule has 2 fully saturated rings. The van der Waals surface area contributed by atoms with Crippen molar-refractivity contribution in [1.29, 1.82) is 0 Å². The van der Waals surface area contributed by atoms with Gasteiger partial charge in [-0.1, -0.05) is 25.6 Å². The second kappa shape index (κ2) is 12.1. The molecule has 2 saturated heterocycles. The number of carbonyl (C=O) groups is 2. The van der Waals surface area contributed by atoms with E-state index in [2.05, 4.69) is 15.3 Å². The highest BCUT2D eigenvalue weighted by Crippen LogP contribution is 2.36. The summed E-state index contributed by atoms with van der Waals surface area (Å²) in [6.45, 7) is 18.8. The highest BCUT2D eigenvalue weighted by molar-refractivity contribution is 7.99. The Balaban J connectivity index is 1.48. The van der Waals surface area contributed by atoms with Crippen LogP contribution in [0.15, 0.2) is 17.6 Å². The third-order valence-corrected chi connectivity index (χ3v) is 8.28. The summed E-state index contributed by atoms with van der Waals surface area (Å²) in [4.78, 5) is 36.6. The van der Waals surface area contributed by atoms with Gasteiger partial charge in [-0.05, 0) is 79.6 Å². The lowest BCUT2D eigenvalue weighted by Crippen LogP contribution is -2.54. The van der Waals surface area contributed by atoms with Gasteiger partial charge in [0.2, 0.25) is 5.91 Å². The van der Waals surface area contributed by atoms with Crippen LogP contribution in [0.5, 0.6) is 0 Å². The largest absolute Gasteiger partial charge is 0.498 e. The molecular formula is C27H45BN4O5S. The molecule has 0 unspecified atom stereocenters. The SMILES string of the molecule is CC(C)[C@@H](NC(=O)OC(C)(C)C)C(=O)N1CCC[C@@H](CCSc2ncc(B3OC(C)(C)C(C)(C)O3)cn2)C1. The molecule has 2 atom stereocenters. The van der Waals surface area contributed by atoms with Crippen molar-refractivity contribution >= 4 is 36.3 Å². The molecule has 3 heterocycles. The topological polar surface area (TPSA) is 103 Å². The maximum atomic E-state index is 13.3. The first-order valence-corrected chi connectivity index (χ1v) is 14.7. The van der Waals surface area contributed by atoms with Crippen LogP contribution in [-0.2, 0) is 18.8 Å². The molecule has 0 radical (unpaired) electrons. The van der Waals surface area contributed by atoms with Gasteiger partial charge in [0, 0.05) is 36.7 Å². The normalized spacial score (nSPS) is 21.9. The minimum Gasteiger partial charge on any atom is -0.444 e. The number of carbonyl (C=O) groups excluding carboxylic acids is 2. The zero-order valence-electron chi connectivity index (χ0n) is 24.5. The maximum Gasteiger partial charge on any atom is 0.498 e. The van der Waals surface area contributed by atoms with Gasteiger partial charge in [0.05, 0.1) is 11.2 Å². The number of alkyl carbamates (subject to hydrolysis) is 1. The smallest absolute Gasteiger partial charge is 0.444 e. The number of amides is 2. The highest BCUT2D eigenvalue weighted by Gasteiger charge is 2.52. The van der Waals surface area contributed by atoms with Crippen LogP contribution in [0.25, 0.3) is 0 Å². The van der Waals surface area contributed by atoms with Gasteiger partial charge < -0.3 is 24.3 Å². The fourth-order valence-corrected chi connectivity index (χ4v) is 5.35. The van der Waals surface area contributed by atoms with E-state index < -0.39 is 36.1 Å². The summed E-state index contributed by atoms with van der Waals surface area (Å²) in [5.74, 6) is 1.19. The fraction of sp³-hybridized carbons (Fsp3) is 0.778. The van der Waals surface area contributed by atoms with E-state index in [1.807, 2.05) is 67.2 Å². The van der Waals surface area contributed by atoms with Gasteiger partial charge in [-0.2, -0.15) is 0 Å². The molecule has 212 valence electrons. The van der Waals surface area contributed by atoms with E-state index in [1.165, 1.54) is 0 Å². The first-order chi connectivity index (χ1) is 17.6. The van der Waals surface area contributed by atoms with E-state index in [9.17, 15) is 9.59 Å². The number of likely N-dealkylation sites (tertiary alicyclic amines) is 1. The molecule has 9 nitrogen and oxygen atoms in total. The van der Waals surface area contributed by atoms with Crippen molar-refractivity contribution in [2.45, 2.75) is 110 Å². The van der Waals surface area contributed by atoms with Gasteiger partial charge in [0.25, 0.3) is 0 Å². The van der Waals surface area contributed by atoms with Crippen molar-refractivity contribution in [2.24, 2.45) is 11.8 Å². The maximum absolute atomic E-state index is 13.3. The average Bonchev–Trinajstić information content (AvgIpc) is 3.03. The Labute approximate surface area is 232 Å². The van der Waals surface area contributed by atoms with Crippen LogP contribution in [0.1, 0.15) is 81.6 Å². The quantitative estimate of drug-likeness (QED) is 0.295. The summed E-state index contributed by atoms with van der Waals surface area (Å²) in [5, 5.41) is 3.51. The number of nitrogens with zero attached hydrogens (tertiary/aromatic N) is 3. The molecule has 2 aliphatic heterocycles. The molecule has 0 aliphatic carbocycles. The number of ether oxygens (including phenoxy) is 1. The zero-order valence-corrected chi connectivity index (χ0v) is 25.3. The lowest BCUT2D eigenvalue weighted by Gasteiger charge is -2.36. The molecular weight excluding hydrogens is 503 g/mol. The monoisotopic (exact) mass is 548 g/mol. The van der Waals surface area contributed by atoms with Crippen molar-refractivity contribution in [2.75, 3.05) is 18.8 Å². The van der Waals surface area contributed by atoms with Crippen molar-refractivity contribution in [3.63, 3.8) is 0 Å². The van der Waals surface area contributed by atoms with E-state index in [0.717, 1.165) is 35.6 Å². The van der Waals surface area contributed by atoms with Crippen LogP contribution < -0.4 is 10.8 Å². The van der Waals surface area contributed by atoms with Crippen molar-refractivity contribution in [3.8, 4) is 0 Å². The first kappa shape index (κ1) is 30.7. The number of thioether (sulfide) groups is 1. The van der Waals surface area contributed by atoms with Crippen molar-refractivity contribution < 1.29 is 23.6 Å². The van der Waals surface area contributed by atoms with Gasteiger partial charge >= 0.3 is 13.2 Å². The lowest BCUT2D eigenvalue weighted by atomic mass is 9.81. The van der Waals surface area contributed by atoms with Gasteiger partial charge in [-0.15, -0.1) is 0 Å². The summed E-state index contributed by atoms with van der Waals surface area (Å²) in [5.41, 5.74) is -0.602. The number of piperidine rings is 1. The first-order valence-electron chi connectivity index (χ1n) is 13.7. The molecule has 0 aromatic carbocycles. The second-order valence-electron chi connectivity index (χ2n) is 12.7. The van der Waals surface area contributed by atoms with Gasteiger partial charge in [0.15, 0.2) is 5.16 Å². The molecule has 3 rings (SSSR count). The molecule has 1 aromatic rings. The number of aromatic nitrogens is 2. The van der Waals surface area contributed by atoms with E-state index in [4.69, 9.17) is 14.0 Å². The summed E-state index contributed by atoms with van der Waals surface area (Å²) >= 11 is 1.62. The number of nitrogens with one attached hydrogen (secondary N) is 1. The van der Waals surface area contributed by atoms with Crippen LogP contribution >= 0.6 is 11.8 Å². The number of rotatable bonds is 8.